The molecule has 2 rings (SSSR count). The van der Waals surface area contributed by atoms with Crippen LogP contribution in [0.5, 0.6) is 0 Å². The highest BCUT2D eigenvalue weighted by Crippen LogP contribution is 2.15. The number of fused-ring (bicyclic) bond motifs is 1. The zero-order valence-corrected chi connectivity index (χ0v) is 7.47. The predicted octanol–water partition coefficient (Wildman–Crippen LogP) is 0.746. The fourth-order valence-corrected chi connectivity index (χ4v) is 1.87. The van der Waals surface area contributed by atoms with Crippen LogP contribution >= 0.6 is 0 Å². The molecule has 0 radical (unpaired) electrons. The lowest BCUT2D eigenvalue weighted by molar-refractivity contribution is 0.280. The van der Waals surface area contributed by atoms with Crippen LogP contribution in [-0.2, 0) is 19.4 Å². The van der Waals surface area contributed by atoms with Crippen molar-refractivity contribution in [1.29, 1.82) is 0 Å². The van der Waals surface area contributed by atoms with Crippen molar-refractivity contribution in [2.45, 2.75) is 32.3 Å². The lowest BCUT2D eigenvalue weighted by atomic mass is 9.95. The molecule has 0 aromatic carbocycles. The first-order valence-corrected chi connectivity index (χ1v) is 4.66. The van der Waals surface area contributed by atoms with E-state index in [1.807, 2.05) is 0 Å². The topological polar surface area (TPSA) is 53.1 Å². The van der Waals surface area contributed by atoms with Crippen LogP contribution in [0.3, 0.4) is 0 Å². The molecule has 1 aromatic rings. The maximum absolute atomic E-state index is 11.7. The van der Waals surface area contributed by atoms with Gasteiger partial charge in [-0.05, 0) is 25.7 Å². The number of pyridine rings is 1. The molecule has 3 nitrogen and oxygen atoms in total. The standard InChI is InChI=1S/C10H13NO2/c12-6-7-5-11-9-4-2-1-3-8(9)10(7)13/h5,12H,1-4,6H2,(H,11,13). The fraction of sp³-hybridized carbons (Fsp3) is 0.500. The van der Waals surface area contributed by atoms with Gasteiger partial charge in [-0.3, -0.25) is 4.79 Å². The maximum Gasteiger partial charge on any atom is 0.190 e. The van der Waals surface area contributed by atoms with E-state index in [2.05, 4.69) is 4.98 Å². The van der Waals surface area contributed by atoms with E-state index in [4.69, 9.17) is 5.11 Å². The molecule has 0 atom stereocenters. The molecule has 1 heterocycles. The van der Waals surface area contributed by atoms with Gasteiger partial charge in [-0.2, -0.15) is 0 Å². The van der Waals surface area contributed by atoms with Gasteiger partial charge in [0.2, 0.25) is 0 Å². The second kappa shape index (κ2) is 3.34. The summed E-state index contributed by atoms with van der Waals surface area (Å²) < 4.78 is 0. The van der Waals surface area contributed by atoms with E-state index in [1.165, 1.54) is 0 Å². The normalized spacial score (nSPS) is 15.5. The second-order valence-corrected chi connectivity index (χ2v) is 3.47. The van der Waals surface area contributed by atoms with Gasteiger partial charge in [0.15, 0.2) is 5.43 Å². The predicted molar refractivity (Wildman–Crippen MR) is 49.6 cm³/mol. The molecular weight excluding hydrogens is 166 g/mol. The molecule has 2 N–H and O–H groups in total. The van der Waals surface area contributed by atoms with E-state index in [0.29, 0.717) is 5.56 Å². The van der Waals surface area contributed by atoms with Crippen LogP contribution in [0, 0.1) is 0 Å². The van der Waals surface area contributed by atoms with E-state index in [0.717, 1.165) is 36.9 Å². The Kier molecular flexibility index (Phi) is 2.19. The Morgan fingerprint density at radius 2 is 2.15 bits per heavy atom. The van der Waals surface area contributed by atoms with Gasteiger partial charge in [0.1, 0.15) is 0 Å². The summed E-state index contributed by atoms with van der Waals surface area (Å²) in [5.74, 6) is 0. The minimum atomic E-state index is -0.164. The summed E-state index contributed by atoms with van der Waals surface area (Å²) in [6, 6.07) is 0. The van der Waals surface area contributed by atoms with Gasteiger partial charge >= 0.3 is 0 Å². The van der Waals surface area contributed by atoms with Gasteiger partial charge < -0.3 is 10.1 Å². The highest BCUT2D eigenvalue weighted by molar-refractivity contribution is 5.27. The largest absolute Gasteiger partial charge is 0.391 e. The summed E-state index contributed by atoms with van der Waals surface area (Å²) in [5, 5.41) is 8.90. The lowest BCUT2D eigenvalue weighted by Crippen LogP contribution is -2.21. The minimum absolute atomic E-state index is 0.0379. The monoisotopic (exact) mass is 179 g/mol. The molecule has 3 heteroatoms. The van der Waals surface area contributed by atoms with E-state index in [9.17, 15) is 4.79 Å². The smallest absolute Gasteiger partial charge is 0.190 e. The van der Waals surface area contributed by atoms with Crippen molar-refractivity contribution in [1.82, 2.24) is 4.98 Å². The second-order valence-electron chi connectivity index (χ2n) is 3.47. The van der Waals surface area contributed by atoms with Crippen LogP contribution in [0.25, 0.3) is 0 Å². The summed E-state index contributed by atoms with van der Waals surface area (Å²) in [7, 11) is 0. The molecule has 1 aliphatic rings. The number of hydrogen-bond acceptors (Lipinski definition) is 2. The first-order valence-electron chi connectivity index (χ1n) is 4.66. The van der Waals surface area contributed by atoms with E-state index in [1.54, 1.807) is 6.20 Å². The summed E-state index contributed by atoms with van der Waals surface area (Å²) >= 11 is 0. The van der Waals surface area contributed by atoms with Crippen molar-refractivity contribution < 1.29 is 5.11 Å². The Labute approximate surface area is 76.4 Å². The lowest BCUT2D eigenvalue weighted by Gasteiger charge is -2.14. The van der Waals surface area contributed by atoms with Crippen LogP contribution in [0.2, 0.25) is 0 Å². The number of aromatic nitrogens is 1. The Morgan fingerprint density at radius 1 is 1.38 bits per heavy atom. The average molecular weight is 179 g/mol. The molecule has 0 saturated heterocycles. The van der Waals surface area contributed by atoms with Gasteiger partial charge in [0, 0.05) is 23.0 Å². The Balaban J connectivity index is 2.55. The molecule has 0 bridgehead atoms. The van der Waals surface area contributed by atoms with Gasteiger partial charge in [0.25, 0.3) is 0 Å². The minimum Gasteiger partial charge on any atom is -0.391 e. The highest BCUT2D eigenvalue weighted by atomic mass is 16.3. The first-order chi connectivity index (χ1) is 6.33. The van der Waals surface area contributed by atoms with E-state index < -0.39 is 0 Å². The number of aliphatic hydroxyl groups is 1. The molecule has 0 aliphatic heterocycles. The van der Waals surface area contributed by atoms with Crippen LogP contribution in [0.15, 0.2) is 11.0 Å². The van der Waals surface area contributed by atoms with Gasteiger partial charge in [-0.25, -0.2) is 0 Å². The van der Waals surface area contributed by atoms with Crippen LogP contribution in [0.1, 0.15) is 29.7 Å². The molecule has 0 spiro atoms. The van der Waals surface area contributed by atoms with Crippen LogP contribution in [0.4, 0.5) is 0 Å². The summed E-state index contributed by atoms with van der Waals surface area (Å²) in [5.41, 5.74) is 2.47. The number of nitrogens with one attached hydrogen (secondary N) is 1. The molecular formula is C10H13NO2. The van der Waals surface area contributed by atoms with Crippen molar-refractivity contribution in [2.75, 3.05) is 0 Å². The Morgan fingerprint density at radius 3 is 2.92 bits per heavy atom. The SMILES string of the molecule is O=c1c(CO)c[nH]c2c1CCCC2. The quantitative estimate of drug-likeness (QED) is 0.668. The van der Waals surface area contributed by atoms with Gasteiger partial charge in [-0.1, -0.05) is 0 Å². The molecule has 70 valence electrons. The summed E-state index contributed by atoms with van der Waals surface area (Å²) in [6.07, 6.45) is 5.70. The number of aromatic amines is 1. The average Bonchev–Trinajstić information content (AvgIpc) is 2.19. The zero-order chi connectivity index (χ0) is 9.26. The molecule has 0 unspecified atom stereocenters. The fourth-order valence-electron chi connectivity index (χ4n) is 1.87. The van der Waals surface area contributed by atoms with Crippen molar-refractivity contribution in [2.24, 2.45) is 0 Å². The summed E-state index contributed by atoms with van der Waals surface area (Å²) in [4.78, 5) is 14.8. The molecule has 0 amide bonds. The molecule has 0 fully saturated rings. The van der Waals surface area contributed by atoms with Gasteiger partial charge in [-0.15, -0.1) is 0 Å². The maximum atomic E-state index is 11.7. The number of rotatable bonds is 1. The number of aryl methyl sites for hydroxylation is 1. The first kappa shape index (κ1) is 8.51. The van der Waals surface area contributed by atoms with Crippen LogP contribution in [-0.4, -0.2) is 10.1 Å². The van der Waals surface area contributed by atoms with Crippen molar-refractivity contribution in [3.63, 3.8) is 0 Å². The highest BCUT2D eigenvalue weighted by Gasteiger charge is 2.14. The molecule has 13 heavy (non-hydrogen) atoms. The van der Waals surface area contributed by atoms with Crippen molar-refractivity contribution in [3.8, 4) is 0 Å². The third kappa shape index (κ3) is 1.40. The third-order valence-corrected chi connectivity index (χ3v) is 2.62. The van der Waals surface area contributed by atoms with Crippen LogP contribution < -0.4 is 5.43 Å². The third-order valence-electron chi connectivity index (χ3n) is 2.62. The Hall–Kier alpha value is -1.09. The van der Waals surface area contributed by atoms with Crippen molar-refractivity contribution in [3.05, 3.63) is 33.2 Å². The molecule has 1 aliphatic carbocycles. The number of aliphatic hydroxyl groups excluding tert-OH is 1. The van der Waals surface area contributed by atoms with Gasteiger partial charge in [0.05, 0.1) is 6.61 Å². The number of hydrogen-bond donors (Lipinski definition) is 2. The number of H-pyrrole nitrogens is 1. The van der Waals surface area contributed by atoms with E-state index >= 15 is 0 Å². The molecule has 1 aromatic heterocycles. The zero-order valence-electron chi connectivity index (χ0n) is 7.47. The van der Waals surface area contributed by atoms with Crippen molar-refractivity contribution >= 4 is 0 Å². The summed E-state index contributed by atoms with van der Waals surface area (Å²) in [6.45, 7) is -0.164. The van der Waals surface area contributed by atoms with E-state index in [-0.39, 0.29) is 12.0 Å². The molecule has 0 saturated carbocycles. The Bertz CT molecular complexity index is 368.